The van der Waals surface area contributed by atoms with Crippen molar-refractivity contribution in [1.82, 2.24) is 4.90 Å². The lowest BCUT2D eigenvalue weighted by Gasteiger charge is -2.42. The van der Waals surface area contributed by atoms with E-state index in [9.17, 15) is 14.7 Å². The molecule has 114 valence electrons. The normalized spacial score (nSPS) is 20.5. The highest BCUT2D eigenvalue weighted by atomic mass is 16.5. The fourth-order valence-electron chi connectivity index (χ4n) is 3.17. The first-order chi connectivity index (χ1) is 10.1. The molecule has 0 fully saturated rings. The molecule has 0 spiro atoms. The van der Waals surface area contributed by atoms with Crippen LogP contribution in [0, 0.1) is 0 Å². The zero-order valence-corrected chi connectivity index (χ0v) is 12.5. The van der Waals surface area contributed by atoms with E-state index in [0.717, 1.165) is 18.4 Å². The summed E-state index contributed by atoms with van der Waals surface area (Å²) in [5, 5.41) is 9.89. The SMILES string of the molecule is CCCN(C=O)C1(C(=O)O)CCCc2ccc(OC)cc21. The summed E-state index contributed by atoms with van der Waals surface area (Å²) in [7, 11) is 1.55. The largest absolute Gasteiger partial charge is 0.497 e. The molecule has 0 radical (unpaired) electrons. The Morgan fingerprint density at radius 3 is 2.86 bits per heavy atom. The molecule has 5 heteroatoms. The minimum absolute atomic E-state index is 0.423. The number of hydrogen-bond donors (Lipinski definition) is 1. The average molecular weight is 291 g/mol. The molecular weight excluding hydrogens is 270 g/mol. The number of carbonyl (C=O) groups excluding carboxylic acids is 1. The van der Waals surface area contributed by atoms with Crippen molar-refractivity contribution >= 4 is 12.4 Å². The lowest BCUT2D eigenvalue weighted by molar-refractivity contribution is -0.157. The second kappa shape index (κ2) is 6.16. The second-order valence-corrected chi connectivity index (χ2v) is 5.34. The van der Waals surface area contributed by atoms with Crippen LogP contribution in [0.25, 0.3) is 0 Å². The van der Waals surface area contributed by atoms with E-state index < -0.39 is 11.5 Å². The molecule has 0 aromatic heterocycles. The average Bonchev–Trinajstić information content (AvgIpc) is 2.51. The Labute approximate surface area is 124 Å². The highest BCUT2D eigenvalue weighted by molar-refractivity contribution is 5.84. The number of methoxy groups -OCH3 is 1. The maximum absolute atomic E-state index is 12.1. The van der Waals surface area contributed by atoms with Crippen molar-refractivity contribution in [2.24, 2.45) is 0 Å². The summed E-state index contributed by atoms with van der Waals surface area (Å²) in [5.41, 5.74) is 0.383. The highest BCUT2D eigenvalue weighted by Gasteiger charge is 2.48. The Kier molecular flexibility index (Phi) is 4.50. The van der Waals surface area contributed by atoms with E-state index in [4.69, 9.17) is 4.74 Å². The van der Waals surface area contributed by atoms with Gasteiger partial charge in [-0.3, -0.25) is 4.79 Å². The van der Waals surface area contributed by atoms with Gasteiger partial charge in [0.2, 0.25) is 6.41 Å². The number of aryl methyl sites for hydroxylation is 1. The number of aliphatic carboxylic acids is 1. The number of nitrogens with zero attached hydrogens (tertiary/aromatic N) is 1. The van der Waals surface area contributed by atoms with Crippen LogP contribution in [0.2, 0.25) is 0 Å². The van der Waals surface area contributed by atoms with Crippen molar-refractivity contribution in [1.29, 1.82) is 0 Å². The van der Waals surface area contributed by atoms with Gasteiger partial charge in [0.15, 0.2) is 5.54 Å². The Balaban J connectivity index is 2.63. The zero-order chi connectivity index (χ0) is 15.5. The van der Waals surface area contributed by atoms with Gasteiger partial charge in [-0.05, 0) is 48.9 Å². The third-order valence-corrected chi connectivity index (χ3v) is 4.18. The molecule has 1 amide bonds. The maximum Gasteiger partial charge on any atom is 0.334 e. The van der Waals surface area contributed by atoms with Gasteiger partial charge in [-0.1, -0.05) is 13.0 Å². The summed E-state index contributed by atoms with van der Waals surface area (Å²) in [5.74, 6) is -0.360. The van der Waals surface area contributed by atoms with E-state index in [1.807, 2.05) is 19.1 Å². The molecule has 1 atom stereocenters. The third kappa shape index (κ3) is 2.48. The quantitative estimate of drug-likeness (QED) is 0.816. The van der Waals surface area contributed by atoms with E-state index in [-0.39, 0.29) is 0 Å². The number of benzene rings is 1. The molecule has 0 heterocycles. The molecule has 5 nitrogen and oxygen atoms in total. The second-order valence-electron chi connectivity index (χ2n) is 5.34. The van der Waals surface area contributed by atoms with Crippen LogP contribution in [0.1, 0.15) is 37.3 Å². The van der Waals surface area contributed by atoms with Crippen LogP contribution in [-0.4, -0.2) is 36.0 Å². The first-order valence-corrected chi connectivity index (χ1v) is 7.23. The summed E-state index contributed by atoms with van der Waals surface area (Å²) in [6.45, 7) is 2.35. The molecule has 0 bridgehead atoms. The number of amides is 1. The standard InChI is InChI=1S/C16H21NO4/c1-3-9-17(11-18)16(15(19)20)8-4-5-12-6-7-13(21-2)10-14(12)16/h6-7,10-11H,3-5,8-9H2,1-2H3,(H,19,20). The van der Waals surface area contributed by atoms with E-state index in [1.165, 1.54) is 4.90 Å². The third-order valence-electron chi connectivity index (χ3n) is 4.18. The van der Waals surface area contributed by atoms with Gasteiger partial charge in [-0.25, -0.2) is 4.79 Å². The summed E-state index contributed by atoms with van der Waals surface area (Å²) in [6.07, 6.45) is 3.38. The lowest BCUT2D eigenvalue weighted by atomic mass is 9.75. The number of carbonyl (C=O) groups is 2. The van der Waals surface area contributed by atoms with Crippen molar-refractivity contribution in [3.63, 3.8) is 0 Å². The lowest BCUT2D eigenvalue weighted by Crippen LogP contribution is -2.53. The van der Waals surface area contributed by atoms with Crippen LogP contribution in [0.5, 0.6) is 5.75 Å². The number of hydrogen-bond acceptors (Lipinski definition) is 3. The molecule has 1 N–H and O–H groups in total. The summed E-state index contributed by atoms with van der Waals surface area (Å²) in [6, 6.07) is 5.50. The van der Waals surface area contributed by atoms with Gasteiger partial charge in [-0.15, -0.1) is 0 Å². The monoisotopic (exact) mass is 291 g/mol. The van der Waals surface area contributed by atoms with Gasteiger partial charge in [0.05, 0.1) is 7.11 Å². The number of carboxylic acids is 1. The Morgan fingerprint density at radius 1 is 1.52 bits per heavy atom. The molecule has 0 saturated carbocycles. The molecule has 1 aliphatic rings. The summed E-state index contributed by atoms with van der Waals surface area (Å²) in [4.78, 5) is 25.0. The Bertz CT molecular complexity index is 543. The van der Waals surface area contributed by atoms with E-state index in [0.29, 0.717) is 37.1 Å². The topological polar surface area (TPSA) is 66.8 Å². The molecular formula is C16H21NO4. The summed E-state index contributed by atoms with van der Waals surface area (Å²) < 4.78 is 5.23. The smallest absolute Gasteiger partial charge is 0.334 e. The first-order valence-electron chi connectivity index (χ1n) is 7.23. The minimum Gasteiger partial charge on any atom is -0.497 e. The van der Waals surface area contributed by atoms with Crippen LogP contribution in [0.4, 0.5) is 0 Å². The molecule has 1 aliphatic carbocycles. The van der Waals surface area contributed by atoms with E-state index >= 15 is 0 Å². The summed E-state index contributed by atoms with van der Waals surface area (Å²) >= 11 is 0. The number of rotatable bonds is 6. The molecule has 1 aromatic carbocycles. The predicted molar refractivity (Wildman–Crippen MR) is 78.3 cm³/mol. The highest BCUT2D eigenvalue weighted by Crippen LogP contribution is 2.41. The Hall–Kier alpha value is -2.04. The van der Waals surface area contributed by atoms with Crippen LogP contribution in [-0.2, 0) is 21.5 Å². The fraction of sp³-hybridized carbons (Fsp3) is 0.500. The number of carboxylic acid groups (broad SMARTS) is 1. The molecule has 1 unspecified atom stereocenters. The minimum atomic E-state index is -1.28. The Morgan fingerprint density at radius 2 is 2.29 bits per heavy atom. The maximum atomic E-state index is 12.1. The van der Waals surface area contributed by atoms with Gasteiger partial charge in [0, 0.05) is 6.54 Å². The van der Waals surface area contributed by atoms with Gasteiger partial charge < -0.3 is 14.7 Å². The van der Waals surface area contributed by atoms with Crippen LogP contribution in [0.3, 0.4) is 0 Å². The molecule has 0 aliphatic heterocycles. The molecule has 1 aromatic rings. The van der Waals surface area contributed by atoms with Crippen LogP contribution >= 0.6 is 0 Å². The van der Waals surface area contributed by atoms with Crippen LogP contribution < -0.4 is 4.74 Å². The fourth-order valence-corrected chi connectivity index (χ4v) is 3.17. The van der Waals surface area contributed by atoms with E-state index in [1.54, 1.807) is 13.2 Å². The van der Waals surface area contributed by atoms with Crippen molar-refractivity contribution in [3.05, 3.63) is 29.3 Å². The van der Waals surface area contributed by atoms with Gasteiger partial charge in [0.25, 0.3) is 0 Å². The first kappa shape index (κ1) is 15.4. The van der Waals surface area contributed by atoms with Gasteiger partial charge >= 0.3 is 5.97 Å². The van der Waals surface area contributed by atoms with Crippen molar-refractivity contribution < 1.29 is 19.4 Å². The van der Waals surface area contributed by atoms with Gasteiger partial charge in [-0.2, -0.15) is 0 Å². The molecule has 2 rings (SSSR count). The zero-order valence-electron chi connectivity index (χ0n) is 12.5. The van der Waals surface area contributed by atoms with Crippen molar-refractivity contribution in [2.45, 2.75) is 38.1 Å². The predicted octanol–water partition coefficient (Wildman–Crippen LogP) is 2.18. The molecule has 21 heavy (non-hydrogen) atoms. The van der Waals surface area contributed by atoms with E-state index in [2.05, 4.69) is 0 Å². The molecule has 0 saturated heterocycles. The van der Waals surface area contributed by atoms with Crippen molar-refractivity contribution in [2.75, 3.05) is 13.7 Å². The number of ether oxygens (including phenoxy) is 1. The van der Waals surface area contributed by atoms with Gasteiger partial charge in [0.1, 0.15) is 5.75 Å². The number of fused-ring (bicyclic) bond motifs is 1. The van der Waals surface area contributed by atoms with Crippen molar-refractivity contribution in [3.8, 4) is 5.75 Å². The van der Waals surface area contributed by atoms with Crippen LogP contribution in [0.15, 0.2) is 18.2 Å².